The molecule has 1 fully saturated rings. The highest BCUT2D eigenvalue weighted by Gasteiger charge is 2.27. The molecule has 160 valence electrons. The van der Waals surface area contributed by atoms with Crippen molar-refractivity contribution in [1.82, 2.24) is 10.3 Å². The van der Waals surface area contributed by atoms with Gasteiger partial charge in [-0.15, -0.1) is 0 Å². The highest BCUT2D eigenvalue weighted by atomic mass is 16.5. The Bertz CT molecular complexity index is 948. The van der Waals surface area contributed by atoms with Crippen LogP contribution in [0.15, 0.2) is 24.3 Å². The van der Waals surface area contributed by atoms with E-state index >= 15 is 0 Å². The summed E-state index contributed by atoms with van der Waals surface area (Å²) in [5.74, 6) is -0.765. The van der Waals surface area contributed by atoms with Crippen molar-refractivity contribution in [2.24, 2.45) is 5.92 Å². The average molecular weight is 412 g/mol. The average Bonchev–Trinajstić information content (AvgIpc) is 2.80. The number of esters is 1. The lowest BCUT2D eigenvalue weighted by Crippen LogP contribution is -2.31. The van der Waals surface area contributed by atoms with E-state index < -0.39 is 11.9 Å². The number of hydrogen-bond acceptors (Lipinski definition) is 6. The van der Waals surface area contributed by atoms with Gasteiger partial charge in [-0.05, 0) is 61.9 Å². The summed E-state index contributed by atoms with van der Waals surface area (Å²) in [4.78, 5) is 41.2. The van der Waals surface area contributed by atoms with Gasteiger partial charge in [0.05, 0.1) is 18.7 Å². The summed E-state index contributed by atoms with van der Waals surface area (Å²) >= 11 is 0. The predicted molar refractivity (Wildman–Crippen MR) is 113 cm³/mol. The van der Waals surface area contributed by atoms with E-state index in [0.717, 1.165) is 36.6 Å². The molecule has 1 heterocycles. The molecular weight excluding hydrogens is 384 g/mol. The topological polar surface area (TPSA) is 94.6 Å². The summed E-state index contributed by atoms with van der Waals surface area (Å²) in [6.45, 7) is 1.72. The molecule has 1 N–H and O–H groups in total. The quantitative estimate of drug-likeness (QED) is 0.555. The SMILES string of the molecule is CCc1cc2cc(C(=O)C3CCC(OC)CC3)ccc2nc1C(=O)NCC(=O)OC. The number of nitrogens with zero attached hydrogens (tertiary/aromatic N) is 1. The molecule has 0 atom stereocenters. The second kappa shape index (κ2) is 9.80. The van der Waals surface area contributed by atoms with Gasteiger partial charge in [0.25, 0.3) is 5.91 Å². The van der Waals surface area contributed by atoms with Crippen molar-refractivity contribution in [3.05, 3.63) is 41.1 Å². The van der Waals surface area contributed by atoms with E-state index in [1.165, 1.54) is 7.11 Å². The lowest BCUT2D eigenvalue weighted by molar-refractivity contribution is -0.139. The zero-order valence-corrected chi connectivity index (χ0v) is 17.7. The molecule has 1 saturated carbocycles. The fraction of sp³-hybridized carbons (Fsp3) is 0.478. The standard InChI is InChI=1S/C23H28N2O5/c1-4-14-11-17-12-16(22(27)15-5-8-18(29-2)9-6-15)7-10-19(17)25-21(14)23(28)24-13-20(26)30-3/h7,10-12,15,18H,4-6,8-9,13H2,1-3H3,(H,24,28). The Morgan fingerprint density at radius 1 is 1.10 bits per heavy atom. The maximum atomic E-state index is 13.0. The molecule has 0 unspecified atom stereocenters. The number of Topliss-reactive ketones (excluding diaryl/α,β-unsaturated/α-hetero) is 1. The molecule has 0 bridgehead atoms. The van der Waals surface area contributed by atoms with Gasteiger partial charge in [-0.3, -0.25) is 14.4 Å². The summed E-state index contributed by atoms with van der Waals surface area (Å²) in [6.07, 6.45) is 4.35. The van der Waals surface area contributed by atoms with Crippen molar-refractivity contribution in [1.29, 1.82) is 0 Å². The molecule has 3 rings (SSSR count). The molecule has 0 saturated heterocycles. The Morgan fingerprint density at radius 3 is 2.47 bits per heavy atom. The van der Waals surface area contributed by atoms with Gasteiger partial charge in [-0.1, -0.05) is 6.92 Å². The van der Waals surface area contributed by atoms with E-state index in [9.17, 15) is 14.4 Å². The Balaban J connectivity index is 1.82. The minimum Gasteiger partial charge on any atom is -0.468 e. The molecule has 0 spiro atoms. The summed E-state index contributed by atoms with van der Waals surface area (Å²) in [5.41, 5.74) is 2.35. The number of ether oxygens (including phenoxy) is 2. The predicted octanol–water partition coefficient (Wildman–Crippen LogP) is 3.09. The number of pyridine rings is 1. The molecule has 1 amide bonds. The number of nitrogens with one attached hydrogen (secondary N) is 1. The molecular formula is C23H28N2O5. The molecule has 0 radical (unpaired) electrons. The van der Waals surface area contributed by atoms with E-state index in [2.05, 4.69) is 15.0 Å². The molecule has 7 nitrogen and oxygen atoms in total. The number of amides is 1. The van der Waals surface area contributed by atoms with Crippen molar-refractivity contribution in [3.63, 3.8) is 0 Å². The third-order valence-corrected chi connectivity index (χ3v) is 5.77. The van der Waals surface area contributed by atoms with Crippen LogP contribution >= 0.6 is 0 Å². The Morgan fingerprint density at radius 2 is 1.83 bits per heavy atom. The largest absolute Gasteiger partial charge is 0.468 e. The number of rotatable bonds is 7. The first-order valence-corrected chi connectivity index (χ1v) is 10.3. The molecule has 30 heavy (non-hydrogen) atoms. The lowest BCUT2D eigenvalue weighted by Gasteiger charge is -2.26. The molecule has 1 aliphatic rings. The molecule has 1 aromatic carbocycles. The van der Waals surface area contributed by atoms with Gasteiger partial charge in [-0.2, -0.15) is 0 Å². The van der Waals surface area contributed by atoms with Gasteiger partial charge in [0.15, 0.2) is 5.78 Å². The summed E-state index contributed by atoms with van der Waals surface area (Å²) in [7, 11) is 2.99. The number of benzene rings is 1. The fourth-order valence-electron chi connectivity index (χ4n) is 3.94. The van der Waals surface area contributed by atoms with E-state index in [1.807, 2.05) is 19.1 Å². The number of carbonyl (C=O) groups excluding carboxylic acids is 3. The third-order valence-electron chi connectivity index (χ3n) is 5.77. The number of ketones is 1. The van der Waals surface area contributed by atoms with Crippen molar-refractivity contribution >= 4 is 28.6 Å². The first-order valence-electron chi connectivity index (χ1n) is 10.3. The van der Waals surface area contributed by atoms with Crippen LogP contribution in [0, 0.1) is 5.92 Å². The van der Waals surface area contributed by atoms with Gasteiger partial charge in [0.2, 0.25) is 0 Å². The van der Waals surface area contributed by atoms with Crippen LogP contribution in [0.3, 0.4) is 0 Å². The number of carbonyl (C=O) groups is 3. The maximum Gasteiger partial charge on any atom is 0.325 e. The zero-order valence-electron chi connectivity index (χ0n) is 17.7. The minimum atomic E-state index is -0.523. The van der Waals surface area contributed by atoms with Gasteiger partial charge < -0.3 is 14.8 Å². The van der Waals surface area contributed by atoms with Crippen molar-refractivity contribution < 1.29 is 23.9 Å². The Labute approximate surface area is 176 Å². The van der Waals surface area contributed by atoms with Gasteiger partial charge in [0.1, 0.15) is 12.2 Å². The zero-order chi connectivity index (χ0) is 21.7. The van der Waals surface area contributed by atoms with Crippen LogP contribution in [-0.2, 0) is 20.7 Å². The van der Waals surface area contributed by atoms with Crippen molar-refractivity contribution in [2.75, 3.05) is 20.8 Å². The van der Waals surface area contributed by atoms with Crippen molar-refractivity contribution in [2.45, 2.75) is 45.1 Å². The molecule has 0 aliphatic heterocycles. The van der Waals surface area contributed by atoms with Gasteiger partial charge in [-0.25, -0.2) is 4.98 Å². The van der Waals surface area contributed by atoms with E-state index in [4.69, 9.17) is 4.74 Å². The van der Waals surface area contributed by atoms with E-state index in [0.29, 0.717) is 17.5 Å². The van der Waals surface area contributed by atoms with Crippen molar-refractivity contribution in [3.8, 4) is 0 Å². The van der Waals surface area contributed by atoms with Gasteiger partial charge in [0, 0.05) is 24.0 Å². The first kappa shape index (κ1) is 21.9. The lowest BCUT2D eigenvalue weighted by atomic mass is 9.82. The monoisotopic (exact) mass is 412 g/mol. The van der Waals surface area contributed by atoms with Crippen LogP contribution in [0.1, 0.15) is 59.0 Å². The third kappa shape index (κ3) is 4.84. The van der Waals surface area contributed by atoms with Crippen LogP contribution in [0.4, 0.5) is 0 Å². The Hall–Kier alpha value is -2.80. The molecule has 1 aromatic heterocycles. The summed E-state index contributed by atoms with van der Waals surface area (Å²) in [6, 6.07) is 7.32. The number of hydrogen-bond donors (Lipinski definition) is 1. The summed E-state index contributed by atoms with van der Waals surface area (Å²) in [5, 5.41) is 3.36. The second-order valence-corrected chi connectivity index (χ2v) is 7.59. The van der Waals surface area contributed by atoms with E-state index in [1.54, 1.807) is 19.2 Å². The highest BCUT2D eigenvalue weighted by Crippen LogP contribution is 2.29. The Kier molecular flexibility index (Phi) is 7.15. The maximum absolute atomic E-state index is 13.0. The number of methoxy groups -OCH3 is 2. The van der Waals surface area contributed by atoms with Crippen LogP contribution in [-0.4, -0.2) is 49.5 Å². The minimum absolute atomic E-state index is 0.0239. The number of aromatic nitrogens is 1. The second-order valence-electron chi connectivity index (χ2n) is 7.59. The summed E-state index contributed by atoms with van der Waals surface area (Å²) < 4.78 is 9.95. The van der Waals surface area contributed by atoms with Gasteiger partial charge >= 0.3 is 5.97 Å². The normalized spacial score (nSPS) is 18.8. The fourth-order valence-corrected chi connectivity index (χ4v) is 3.94. The molecule has 2 aromatic rings. The van der Waals surface area contributed by atoms with Crippen LogP contribution in [0.5, 0.6) is 0 Å². The molecule has 1 aliphatic carbocycles. The number of fused-ring (bicyclic) bond motifs is 1. The number of aryl methyl sites for hydroxylation is 1. The van der Waals surface area contributed by atoms with Crippen LogP contribution in [0.25, 0.3) is 10.9 Å². The van der Waals surface area contributed by atoms with E-state index in [-0.39, 0.29) is 30.0 Å². The van der Waals surface area contributed by atoms with Crippen LogP contribution < -0.4 is 5.32 Å². The smallest absolute Gasteiger partial charge is 0.325 e. The first-order chi connectivity index (χ1) is 14.5. The highest BCUT2D eigenvalue weighted by molar-refractivity contribution is 6.02. The van der Waals surface area contributed by atoms with Crippen LogP contribution in [0.2, 0.25) is 0 Å². The molecule has 7 heteroatoms.